The van der Waals surface area contributed by atoms with Crippen molar-refractivity contribution >= 4 is 41.0 Å². The van der Waals surface area contributed by atoms with Crippen molar-refractivity contribution in [3.8, 4) is 28.7 Å². The minimum Gasteiger partial charge on any atom is -0.489 e. The number of carbonyl (C=O) groups excluding carboxylic acids is 3. The van der Waals surface area contributed by atoms with E-state index < -0.39 is 58.6 Å². The van der Waals surface area contributed by atoms with Gasteiger partial charge in [0.25, 0.3) is 11.8 Å². The fourth-order valence-electron chi connectivity index (χ4n) is 7.66. The maximum atomic E-state index is 14.1. The van der Waals surface area contributed by atoms with E-state index in [1.54, 1.807) is 91.0 Å². The first-order valence-corrected chi connectivity index (χ1v) is 20.3. The van der Waals surface area contributed by atoms with Crippen LogP contribution < -0.4 is 20.1 Å². The van der Waals surface area contributed by atoms with Crippen molar-refractivity contribution in [3.05, 3.63) is 183 Å². The highest BCUT2D eigenvalue weighted by molar-refractivity contribution is 6.31. The molecular formula is C49H36ClF3N4O7. The second-order valence-electron chi connectivity index (χ2n) is 15.3. The zero-order valence-electron chi connectivity index (χ0n) is 33.6. The zero-order chi connectivity index (χ0) is 45.1. The second-order valence-corrected chi connectivity index (χ2v) is 15.7. The lowest BCUT2D eigenvalue weighted by Crippen LogP contribution is -2.56. The SMILES string of the molecule is N#Cc1ccc(-c2ccc(C[C@H](NC(=O)C3Cc4cc5c(cc4CN3C(=O)c3ccccc3)OC(c3ccc(OCc4ccc(Cl)c(C(F)(F)F)c4)cc3)C(=O)N5)C(=O)O)cc2)cc1. The van der Waals surface area contributed by atoms with Crippen LogP contribution in [0.5, 0.6) is 11.5 Å². The number of nitriles is 1. The minimum absolute atomic E-state index is 0.00689. The Labute approximate surface area is 369 Å². The normalized spacial score (nSPS) is 15.9. The van der Waals surface area contributed by atoms with E-state index in [1.165, 1.54) is 11.0 Å². The Morgan fingerprint density at radius 1 is 0.891 bits per heavy atom. The third-order valence-electron chi connectivity index (χ3n) is 11.0. The first-order chi connectivity index (χ1) is 30.7. The molecule has 2 heterocycles. The maximum Gasteiger partial charge on any atom is 0.417 e. The number of carbonyl (C=O) groups is 4. The first kappa shape index (κ1) is 43.0. The third-order valence-corrected chi connectivity index (χ3v) is 11.4. The molecule has 6 aromatic rings. The molecule has 8 rings (SSSR count). The van der Waals surface area contributed by atoms with Crippen LogP contribution in [0.3, 0.4) is 0 Å². The van der Waals surface area contributed by atoms with Crippen LogP contribution in [0.15, 0.2) is 133 Å². The fraction of sp³-hybridized carbons (Fsp3) is 0.163. The van der Waals surface area contributed by atoms with Crippen LogP contribution in [0.4, 0.5) is 18.9 Å². The summed E-state index contributed by atoms with van der Waals surface area (Å²) in [6, 6.07) is 35.6. The van der Waals surface area contributed by atoms with Gasteiger partial charge in [0.15, 0.2) is 0 Å². The quantitative estimate of drug-likeness (QED) is 0.116. The van der Waals surface area contributed by atoms with Crippen molar-refractivity contribution in [1.29, 1.82) is 5.26 Å². The average molecular weight is 885 g/mol. The van der Waals surface area contributed by atoms with Crippen molar-refractivity contribution in [1.82, 2.24) is 10.2 Å². The van der Waals surface area contributed by atoms with Crippen LogP contribution in [-0.2, 0) is 46.6 Å². The van der Waals surface area contributed by atoms with Crippen molar-refractivity contribution in [2.24, 2.45) is 0 Å². The Kier molecular flexibility index (Phi) is 12.1. The van der Waals surface area contributed by atoms with Gasteiger partial charge in [0, 0.05) is 30.5 Å². The van der Waals surface area contributed by atoms with Gasteiger partial charge in [-0.2, -0.15) is 18.4 Å². The summed E-state index contributed by atoms with van der Waals surface area (Å²) < 4.78 is 51.9. The number of rotatable bonds is 11. The molecule has 3 amide bonds. The number of anilines is 1. The highest BCUT2D eigenvalue weighted by atomic mass is 35.5. The van der Waals surface area contributed by atoms with Crippen molar-refractivity contribution in [2.75, 3.05) is 5.32 Å². The molecule has 2 aliphatic rings. The molecule has 3 atom stereocenters. The Morgan fingerprint density at radius 3 is 2.22 bits per heavy atom. The maximum absolute atomic E-state index is 14.1. The molecule has 0 saturated heterocycles. The van der Waals surface area contributed by atoms with Gasteiger partial charge in [0.05, 0.1) is 27.9 Å². The molecule has 2 unspecified atom stereocenters. The minimum atomic E-state index is -4.62. The topological polar surface area (TPSA) is 158 Å². The van der Waals surface area contributed by atoms with Gasteiger partial charge in [0.1, 0.15) is 30.2 Å². The third kappa shape index (κ3) is 9.40. The van der Waals surface area contributed by atoms with Crippen LogP contribution in [0.1, 0.15) is 55.4 Å². The van der Waals surface area contributed by atoms with Gasteiger partial charge in [-0.1, -0.05) is 84.4 Å². The van der Waals surface area contributed by atoms with Crippen molar-refractivity contribution < 1.29 is 46.9 Å². The lowest BCUT2D eigenvalue weighted by Gasteiger charge is -2.37. The number of halogens is 4. The Hall–Kier alpha value is -7.63. The van der Waals surface area contributed by atoms with Gasteiger partial charge in [-0.05, 0) is 94.0 Å². The van der Waals surface area contributed by atoms with Gasteiger partial charge in [-0.3, -0.25) is 14.4 Å². The fourth-order valence-corrected chi connectivity index (χ4v) is 7.89. The van der Waals surface area contributed by atoms with Gasteiger partial charge in [0.2, 0.25) is 12.0 Å². The number of nitrogens with zero attached hydrogens (tertiary/aromatic N) is 2. The van der Waals surface area contributed by atoms with E-state index in [0.29, 0.717) is 50.6 Å². The number of hydrogen-bond donors (Lipinski definition) is 3. The molecule has 3 N–H and O–H groups in total. The summed E-state index contributed by atoms with van der Waals surface area (Å²) in [5.74, 6) is -2.19. The molecule has 0 bridgehead atoms. The van der Waals surface area contributed by atoms with Crippen molar-refractivity contribution in [2.45, 2.75) is 50.4 Å². The average Bonchev–Trinajstić information content (AvgIpc) is 3.30. The highest BCUT2D eigenvalue weighted by Crippen LogP contribution is 2.40. The number of alkyl halides is 3. The zero-order valence-corrected chi connectivity index (χ0v) is 34.3. The van der Waals surface area contributed by atoms with Gasteiger partial charge >= 0.3 is 12.1 Å². The van der Waals surface area contributed by atoms with E-state index in [2.05, 4.69) is 16.7 Å². The molecule has 0 spiro atoms. The summed E-state index contributed by atoms with van der Waals surface area (Å²) in [6.45, 7) is -0.197. The molecule has 0 aliphatic carbocycles. The Balaban J connectivity index is 0.982. The molecular weight excluding hydrogens is 849 g/mol. The molecule has 0 aromatic heterocycles. The number of fused-ring (bicyclic) bond motifs is 2. The summed E-state index contributed by atoms with van der Waals surface area (Å²) >= 11 is 5.74. The van der Waals surface area contributed by atoms with Gasteiger partial charge < -0.3 is 30.1 Å². The van der Waals surface area contributed by atoms with Crippen LogP contribution >= 0.6 is 11.6 Å². The van der Waals surface area contributed by atoms with E-state index >= 15 is 0 Å². The monoisotopic (exact) mass is 884 g/mol. The number of ether oxygens (including phenoxy) is 2. The largest absolute Gasteiger partial charge is 0.489 e. The van der Waals surface area contributed by atoms with E-state index in [-0.39, 0.29) is 31.6 Å². The highest BCUT2D eigenvalue weighted by Gasteiger charge is 2.39. The Morgan fingerprint density at radius 2 is 1.56 bits per heavy atom. The van der Waals surface area contributed by atoms with Crippen LogP contribution in [-0.4, -0.2) is 45.8 Å². The predicted octanol–water partition coefficient (Wildman–Crippen LogP) is 8.93. The number of carboxylic acids is 1. The summed E-state index contributed by atoms with van der Waals surface area (Å²) in [4.78, 5) is 55.6. The summed E-state index contributed by atoms with van der Waals surface area (Å²) in [5.41, 5.74) is 4.66. The molecule has 15 heteroatoms. The van der Waals surface area contributed by atoms with Gasteiger partial charge in [-0.15, -0.1) is 0 Å². The first-order valence-electron chi connectivity index (χ1n) is 19.9. The van der Waals surface area contributed by atoms with Gasteiger partial charge in [-0.25, -0.2) is 4.79 Å². The number of amides is 3. The molecule has 322 valence electrons. The van der Waals surface area contributed by atoms with Crippen molar-refractivity contribution in [3.63, 3.8) is 0 Å². The van der Waals surface area contributed by atoms with E-state index in [9.17, 15) is 37.5 Å². The van der Waals surface area contributed by atoms with Crippen LogP contribution in [0.2, 0.25) is 5.02 Å². The molecule has 11 nitrogen and oxygen atoms in total. The van der Waals surface area contributed by atoms with Crippen LogP contribution in [0.25, 0.3) is 11.1 Å². The number of carboxylic acid groups (broad SMARTS) is 1. The number of nitrogens with one attached hydrogen (secondary N) is 2. The molecule has 64 heavy (non-hydrogen) atoms. The smallest absolute Gasteiger partial charge is 0.417 e. The summed E-state index contributed by atoms with van der Waals surface area (Å²) in [6.07, 6.45) is -5.74. The predicted molar refractivity (Wildman–Crippen MR) is 229 cm³/mol. The second kappa shape index (κ2) is 18.0. The molecule has 0 saturated carbocycles. The standard InChI is InChI=1S/C49H36ClF3N4O7/c50-39-19-10-30(20-38(39)49(51,52)53)27-63-37-17-15-33(16-18-37)44-46(59)55-40-22-35-23-42(57(26-36(35)24-43(40)64-44)47(60)34-4-2-1-3-5-34)45(58)56-41(48(61)62)21-28-6-11-31(12-7-28)32-13-8-29(25-54)9-14-32/h1-20,22,24,41-42,44H,21,23,26-27H2,(H,55,59)(H,56,58)(H,61,62)/t41-,42?,44?/m0/s1. The van der Waals surface area contributed by atoms with E-state index in [4.69, 9.17) is 26.3 Å². The molecule has 6 aromatic carbocycles. The summed E-state index contributed by atoms with van der Waals surface area (Å²) in [5, 5.41) is 24.5. The molecule has 2 aliphatic heterocycles. The molecule has 0 radical (unpaired) electrons. The number of aliphatic carboxylic acids is 1. The number of benzene rings is 6. The van der Waals surface area contributed by atoms with Crippen LogP contribution in [0, 0.1) is 11.3 Å². The Bertz CT molecular complexity index is 2800. The van der Waals surface area contributed by atoms with E-state index in [0.717, 1.165) is 23.3 Å². The molecule has 0 fully saturated rings. The lowest BCUT2D eigenvalue weighted by atomic mass is 9.91. The lowest BCUT2D eigenvalue weighted by molar-refractivity contribution is -0.142. The van der Waals surface area contributed by atoms with E-state index in [1.807, 2.05) is 24.3 Å². The summed E-state index contributed by atoms with van der Waals surface area (Å²) in [7, 11) is 0. The number of hydrogen-bond acceptors (Lipinski definition) is 7.